The Morgan fingerprint density at radius 3 is 2.20 bits per heavy atom. The Bertz CT molecular complexity index is 1410. The first kappa shape index (κ1) is 31.5. The van der Waals surface area contributed by atoms with Crippen molar-refractivity contribution in [1.29, 1.82) is 0 Å². The summed E-state index contributed by atoms with van der Waals surface area (Å²) in [4.78, 5) is 29.2. The van der Waals surface area contributed by atoms with Crippen LogP contribution in [-0.2, 0) is 32.6 Å². The van der Waals surface area contributed by atoms with Crippen LogP contribution >= 0.6 is 0 Å². The molecule has 2 amide bonds. The highest BCUT2D eigenvalue weighted by molar-refractivity contribution is 7.92. The van der Waals surface area contributed by atoms with Crippen LogP contribution in [0.2, 0.25) is 0 Å². The number of carbonyl (C=O) groups excluding carboxylic acids is 2. The maximum absolute atomic E-state index is 14.2. The predicted octanol–water partition coefficient (Wildman–Crippen LogP) is 3.94. The van der Waals surface area contributed by atoms with E-state index in [0.29, 0.717) is 12.3 Å². The van der Waals surface area contributed by atoms with Crippen molar-refractivity contribution in [2.45, 2.75) is 39.3 Å². The minimum Gasteiger partial charge on any atom is -0.497 e. The van der Waals surface area contributed by atoms with Crippen molar-refractivity contribution < 1.29 is 27.5 Å². The lowest BCUT2D eigenvalue weighted by atomic mass is 10.0. The highest BCUT2D eigenvalue weighted by Gasteiger charge is 2.33. The van der Waals surface area contributed by atoms with E-state index in [1.54, 1.807) is 12.1 Å². The molecule has 3 aromatic rings. The van der Waals surface area contributed by atoms with Crippen molar-refractivity contribution in [3.05, 3.63) is 89.5 Å². The molecule has 41 heavy (non-hydrogen) atoms. The van der Waals surface area contributed by atoms with Gasteiger partial charge in [0.15, 0.2) is 0 Å². The Hall–Kier alpha value is -4.05. The zero-order valence-electron chi connectivity index (χ0n) is 24.3. The molecule has 1 N–H and O–H groups in total. The van der Waals surface area contributed by atoms with E-state index in [4.69, 9.17) is 9.47 Å². The predicted molar refractivity (Wildman–Crippen MR) is 161 cm³/mol. The highest BCUT2D eigenvalue weighted by Crippen LogP contribution is 2.34. The second-order valence-corrected chi connectivity index (χ2v) is 11.7. The number of sulfonamides is 1. The lowest BCUT2D eigenvalue weighted by molar-refractivity contribution is -0.140. The number of ether oxygens (including phenoxy) is 2. The molecule has 1 atom stereocenters. The minimum absolute atomic E-state index is 0.114. The molecule has 0 aliphatic rings. The number of nitrogens with one attached hydrogen (secondary N) is 1. The molecule has 10 heteroatoms. The molecule has 0 spiro atoms. The van der Waals surface area contributed by atoms with Gasteiger partial charge in [0.2, 0.25) is 21.8 Å². The first-order valence-electron chi connectivity index (χ1n) is 13.4. The minimum atomic E-state index is -3.95. The Morgan fingerprint density at radius 1 is 0.927 bits per heavy atom. The zero-order valence-corrected chi connectivity index (χ0v) is 25.1. The number of benzene rings is 3. The molecule has 0 unspecified atom stereocenters. The van der Waals surface area contributed by atoms with Gasteiger partial charge >= 0.3 is 0 Å². The SMILES string of the molecule is CCCNC(=O)[C@H](Cc1ccccc1)N(Cc1ccc(C)cc1)C(=O)CN(c1cc(OC)ccc1OC)S(C)(=O)=O. The number of hydrogen-bond donors (Lipinski definition) is 1. The fourth-order valence-corrected chi connectivity index (χ4v) is 5.24. The molecule has 0 aliphatic heterocycles. The number of amides is 2. The van der Waals surface area contributed by atoms with Gasteiger partial charge in [-0.3, -0.25) is 13.9 Å². The molecule has 0 bridgehead atoms. The summed E-state index contributed by atoms with van der Waals surface area (Å²) in [5.74, 6) is -0.176. The van der Waals surface area contributed by atoms with Gasteiger partial charge in [0, 0.05) is 25.6 Å². The van der Waals surface area contributed by atoms with Crippen molar-refractivity contribution in [3.63, 3.8) is 0 Å². The van der Waals surface area contributed by atoms with Crippen molar-refractivity contribution >= 4 is 27.5 Å². The standard InChI is InChI=1S/C31H39N3O6S/c1-6-18-32-31(36)28(19-24-10-8-7-9-11-24)33(21-25-14-12-23(2)13-15-25)30(35)22-34(41(5,37)38)27-20-26(39-3)16-17-29(27)40-4/h7-17,20,28H,6,18-19,21-22H2,1-5H3,(H,32,36)/t28-/m0/s1. The number of hydrogen-bond acceptors (Lipinski definition) is 6. The first-order chi connectivity index (χ1) is 19.6. The fraction of sp³-hybridized carbons (Fsp3) is 0.355. The molecule has 3 rings (SSSR count). The van der Waals surface area contributed by atoms with E-state index in [9.17, 15) is 18.0 Å². The number of carbonyl (C=O) groups is 2. The summed E-state index contributed by atoms with van der Waals surface area (Å²) >= 11 is 0. The Balaban J connectivity index is 2.09. The van der Waals surface area contributed by atoms with Gasteiger partial charge < -0.3 is 19.7 Å². The normalized spacial score (nSPS) is 11.8. The van der Waals surface area contributed by atoms with Crippen molar-refractivity contribution in [1.82, 2.24) is 10.2 Å². The molecule has 0 saturated carbocycles. The van der Waals surface area contributed by atoms with E-state index in [1.165, 1.54) is 25.2 Å². The third kappa shape index (κ3) is 8.72. The van der Waals surface area contributed by atoms with Crippen LogP contribution in [0.25, 0.3) is 0 Å². The van der Waals surface area contributed by atoms with E-state index in [-0.39, 0.29) is 30.3 Å². The summed E-state index contributed by atoms with van der Waals surface area (Å²) in [5.41, 5.74) is 2.91. The van der Waals surface area contributed by atoms with E-state index in [0.717, 1.165) is 33.7 Å². The third-order valence-corrected chi connectivity index (χ3v) is 7.75. The van der Waals surface area contributed by atoms with Crippen molar-refractivity contribution in [2.75, 3.05) is 37.9 Å². The van der Waals surface area contributed by atoms with Gasteiger partial charge in [0.1, 0.15) is 24.1 Å². The average Bonchev–Trinajstić information content (AvgIpc) is 2.96. The number of methoxy groups -OCH3 is 2. The molecule has 0 aromatic heterocycles. The van der Waals surface area contributed by atoms with Crippen LogP contribution in [-0.4, -0.2) is 64.7 Å². The lowest BCUT2D eigenvalue weighted by Gasteiger charge is -2.33. The molecule has 0 aliphatic carbocycles. The Labute approximate surface area is 243 Å². The smallest absolute Gasteiger partial charge is 0.244 e. The molecule has 0 heterocycles. The first-order valence-corrected chi connectivity index (χ1v) is 15.3. The quantitative estimate of drug-likeness (QED) is 0.309. The zero-order chi connectivity index (χ0) is 30.0. The van der Waals surface area contributed by atoms with E-state index < -0.39 is 28.5 Å². The maximum Gasteiger partial charge on any atom is 0.244 e. The number of rotatable bonds is 14. The van der Waals surface area contributed by atoms with E-state index in [1.807, 2.05) is 68.4 Å². The monoisotopic (exact) mass is 581 g/mol. The number of nitrogens with zero attached hydrogens (tertiary/aromatic N) is 2. The largest absolute Gasteiger partial charge is 0.497 e. The van der Waals surface area contributed by atoms with Gasteiger partial charge in [0.05, 0.1) is 26.2 Å². The molecular weight excluding hydrogens is 542 g/mol. The number of anilines is 1. The van der Waals surface area contributed by atoms with Gasteiger partial charge in [-0.25, -0.2) is 8.42 Å². The summed E-state index contributed by atoms with van der Waals surface area (Å²) in [7, 11) is -1.06. The average molecular weight is 582 g/mol. The second-order valence-electron chi connectivity index (χ2n) is 9.81. The lowest BCUT2D eigenvalue weighted by Crippen LogP contribution is -2.53. The molecular formula is C31H39N3O6S. The van der Waals surface area contributed by atoms with Crippen LogP contribution in [0.15, 0.2) is 72.8 Å². The topological polar surface area (TPSA) is 105 Å². The van der Waals surface area contributed by atoms with Gasteiger partial charge in [-0.05, 0) is 36.6 Å². The van der Waals surface area contributed by atoms with Gasteiger partial charge in [-0.15, -0.1) is 0 Å². The van der Waals surface area contributed by atoms with Crippen LogP contribution in [0.4, 0.5) is 5.69 Å². The summed E-state index contributed by atoms with van der Waals surface area (Å²) in [6.07, 6.45) is 2.02. The van der Waals surface area contributed by atoms with Crippen molar-refractivity contribution in [2.24, 2.45) is 0 Å². The third-order valence-electron chi connectivity index (χ3n) is 6.63. The van der Waals surface area contributed by atoms with Gasteiger partial charge in [-0.2, -0.15) is 0 Å². The summed E-state index contributed by atoms with van der Waals surface area (Å²) in [5, 5.41) is 2.93. The molecule has 3 aromatic carbocycles. The summed E-state index contributed by atoms with van der Waals surface area (Å²) < 4.78 is 37.9. The van der Waals surface area contributed by atoms with Crippen LogP contribution in [0.3, 0.4) is 0 Å². The van der Waals surface area contributed by atoms with Crippen LogP contribution in [0, 0.1) is 6.92 Å². The molecule has 0 fully saturated rings. The van der Waals surface area contributed by atoms with Crippen LogP contribution in [0.5, 0.6) is 11.5 Å². The summed E-state index contributed by atoms with van der Waals surface area (Å²) in [6, 6.07) is 21.0. The van der Waals surface area contributed by atoms with E-state index >= 15 is 0 Å². The molecule has 9 nitrogen and oxygen atoms in total. The Morgan fingerprint density at radius 2 is 1.61 bits per heavy atom. The number of aryl methyl sites for hydroxylation is 1. The van der Waals surface area contributed by atoms with Crippen LogP contribution < -0.4 is 19.1 Å². The van der Waals surface area contributed by atoms with Gasteiger partial charge in [-0.1, -0.05) is 67.1 Å². The fourth-order valence-electron chi connectivity index (χ4n) is 4.40. The van der Waals surface area contributed by atoms with Crippen LogP contribution in [0.1, 0.15) is 30.0 Å². The Kier molecular flexibility index (Phi) is 11.2. The maximum atomic E-state index is 14.2. The van der Waals surface area contributed by atoms with Gasteiger partial charge in [0.25, 0.3) is 0 Å². The molecule has 220 valence electrons. The van der Waals surface area contributed by atoms with Crippen molar-refractivity contribution in [3.8, 4) is 11.5 Å². The highest BCUT2D eigenvalue weighted by atomic mass is 32.2. The second kappa shape index (κ2) is 14.5. The summed E-state index contributed by atoms with van der Waals surface area (Å²) in [6.45, 7) is 3.94. The molecule has 0 radical (unpaired) electrons. The molecule has 0 saturated heterocycles. The van der Waals surface area contributed by atoms with E-state index in [2.05, 4.69) is 5.32 Å².